The molecule has 0 saturated carbocycles. The molecule has 24 heavy (non-hydrogen) atoms. The van der Waals surface area contributed by atoms with Crippen molar-refractivity contribution in [1.82, 2.24) is 9.62 Å². The van der Waals surface area contributed by atoms with Crippen LogP contribution >= 0.6 is 0 Å². The molecule has 2 saturated heterocycles. The molecule has 6 nitrogen and oxygen atoms in total. The number of benzene rings is 1. The smallest absolute Gasteiger partial charge is 0.387 e. The molecule has 0 unspecified atom stereocenters. The van der Waals surface area contributed by atoms with Gasteiger partial charge < -0.3 is 10.1 Å². The fourth-order valence-electron chi connectivity index (χ4n) is 3.25. The summed E-state index contributed by atoms with van der Waals surface area (Å²) in [7, 11) is -3.68. The molecular formula is C15H18F2N2O4S. The molecule has 2 aliphatic rings. The van der Waals surface area contributed by atoms with Crippen molar-refractivity contribution < 1.29 is 26.7 Å². The number of piperidine rings is 1. The number of hydrogen-bond acceptors (Lipinski definition) is 4. The maximum atomic E-state index is 12.6. The molecule has 1 aromatic rings. The Morgan fingerprint density at radius 3 is 2.29 bits per heavy atom. The highest BCUT2D eigenvalue weighted by Crippen LogP contribution is 2.38. The zero-order chi connectivity index (χ0) is 17.4. The number of carbonyl (C=O) groups is 1. The van der Waals surface area contributed by atoms with Gasteiger partial charge in [-0.05, 0) is 42.5 Å². The van der Waals surface area contributed by atoms with Crippen molar-refractivity contribution in [1.29, 1.82) is 0 Å². The quantitative estimate of drug-likeness (QED) is 0.885. The Morgan fingerprint density at radius 2 is 1.79 bits per heavy atom. The molecule has 0 aliphatic carbocycles. The monoisotopic (exact) mass is 360 g/mol. The van der Waals surface area contributed by atoms with E-state index in [4.69, 9.17) is 0 Å². The van der Waals surface area contributed by atoms with Crippen LogP contribution in [0, 0.1) is 5.41 Å². The van der Waals surface area contributed by atoms with Gasteiger partial charge in [0, 0.05) is 26.1 Å². The number of alkyl halides is 2. The molecule has 1 aromatic carbocycles. The SMILES string of the molecule is O=C1CC2(CCN(S(=O)(=O)c3ccc(OC(F)F)cc3)CC2)CN1. The Morgan fingerprint density at radius 1 is 1.17 bits per heavy atom. The summed E-state index contributed by atoms with van der Waals surface area (Å²) in [5.41, 5.74) is -0.141. The standard InChI is InChI=1S/C15H18F2N2O4S/c16-14(17)23-11-1-3-12(4-2-11)24(21,22)19-7-5-15(6-8-19)9-13(20)18-10-15/h1-4,14H,5-10H2,(H,18,20). The second-order valence-electron chi connectivity index (χ2n) is 6.21. The van der Waals surface area contributed by atoms with Crippen LogP contribution in [0.5, 0.6) is 5.75 Å². The van der Waals surface area contributed by atoms with Gasteiger partial charge in [-0.1, -0.05) is 0 Å². The third-order valence-electron chi connectivity index (χ3n) is 4.67. The highest BCUT2D eigenvalue weighted by Gasteiger charge is 2.43. The molecule has 9 heteroatoms. The Bertz CT molecular complexity index is 713. The fourth-order valence-corrected chi connectivity index (χ4v) is 4.69. The largest absolute Gasteiger partial charge is 0.435 e. The van der Waals surface area contributed by atoms with Crippen LogP contribution in [0.3, 0.4) is 0 Å². The first-order valence-electron chi connectivity index (χ1n) is 7.63. The predicted octanol–water partition coefficient (Wildman–Crippen LogP) is 1.58. The van der Waals surface area contributed by atoms with E-state index in [1.54, 1.807) is 0 Å². The van der Waals surface area contributed by atoms with Gasteiger partial charge in [0.2, 0.25) is 15.9 Å². The zero-order valence-corrected chi connectivity index (χ0v) is 13.7. The lowest BCUT2D eigenvalue weighted by Crippen LogP contribution is -2.43. The molecule has 2 heterocycles. The lowest BCUT2D eigenvalue weighted by atomic mass is 9.78. The van der Waals surface area contributed by atoms with Gasteiger partial charge in [0.25, 0.3) is 0 Å². The van der Waals surface area contributed by atoms with E-state index in [0.29, 0.717) is 38.9 Å². The van der Waals surface area contributed by atoms with E-state index in [2.05, 4.69) is 10.1 Å². The fraction of sp³-hybridized carbons (Fsp3) is 0.533. The number of halogens is 2. The molecule has 0 radical (unpaired) electrons. The number of amides is 1. The molecule has 3 rings (SSSR count). The Hall–Kier alpha value is -1.74. The first kappa shape index (κ1) is 17.1. The first-order chi connectivity index (χ1) is 11.3. The van der Waals surface area contributed by atoms with Crippen LogP contribution in [0.2, 0.25) is 0 Å². The highest BCUT2D eigenvalue weighted by molar-refractivity contribution is 7.89. The van der Waals surface area contributed by atoms with Gasteiger partial charge in [-0.2, -0.15) is 13.1 Å². The zero-order valence-electron chi connectivity index (χ0n) is 12.9. The van der Waals surface area contributed by atoms with Crippen LogP contribution in [0.25, 0.3) is 0 Å². The van der Waals surface area contributed by atoms with E-state index < -0.39 is 16.6 Å². The summed E-state index contributed by atoms with van der Waals surface area (Å²) < 4.78 is 55.2. The summed E-state index contributed by atoms with van der Waals surface area (Å²) in [5.74, 6) is -0.0713. The minimum absolute atomic E-state index is 0.0147. The molecule has 0 atom stereocenters. The van der Waals surface area contributed by atoms with Gasteiger partial charge in [0.05, 0.1) is 4.90 Å². The summed E-state index contributed by atoms with van der Waals surface area (Å²) in [5, 5.41) is 2.81. The third kappa shape index (κ3) is 3.36. The summed E-state index contributed by atoms with van der Waals surface area (Å²) in [6, 6.07) is 4.95. The number of hydrogen-bond donors (Lipinski definition) is 1. The second-order valence-corrected chi connectivity index (χ2v) is 8.15. The average Bonchev–Trinajstić information content (AvgIpc) is 2.88. The minimum Gasteiger partial charge on any atom is -0.435 e. The summed E-state index contributed by atoms with van der Waals surface area (Å²) in [6.07, 6.45) is 1.69. The van der Waals surface area contributed by atoms with Gasteiger partial charge in [-0.3, -0.25) is 4.79 Å². The van der Waals surface area contributed by atoms with Gasteiger partial charge in [0.1, 0.15) is 5.75 Å². The number of nitrogens with one attached hydrogen (secondary N) is 1. The van der Waals surface area contributed by atoms with Crippen molar-refractivity contribution in [3.63, 3.8) is 0 Å². The average molecular weight is 360 g/mol. The van der Waals surface area contributed by atoms with Crippen LogP contribution in [0.4, 0.5) is 8.78 Å². The molecule has 2 fully saturated rings. The Kier molecular flexibility index (Phi) is 4.48. The Balaban J connectivity index is 1.69. The van der Waals surface area contributed by atoms with Crippen LogP contribution in [0.1, 0.15) is 19.3 Å². The minimum atomic E-state index is -3.68. The van der Waals surface area contributed by atoms with Crippen LogP contribution < -0.4 is 10.1 Å². The number of rotatable bonds is 4. The molecule has 0 aromatic heterocycles. The third-order valence-corrected chi connectivity index (χ3v) is 6.58. The van der Waals surface area contributed by atoms with Gasteiger partial charge in [0.15, 0.2) is 0 Å². The van der Waals surface area contributed by atoms with E-state index >= 15 is 0 Å². The van der Waals surface area contributed by atoms with Crippen molar-refractivity contribution in [3.8, 4) is 5.75 Å². The molecule has 1 N–H and O–H groups in total. The lowest BCUT2D eigenvalue weighted by molar-refractivity contribution is -0.119. The van der Waals surface area contributed by atoms with E-state index in [-0.39, 0.29) is 22.0 Å². The second kappa shape index (κ2) is 6.29. The van der Waals surface area contributed by atoms with Crippen molar-refractivity contribution in [2.75, 3.05) is 19.6 Å². The van der Waals surface area contributed by atoms with Crippen molar-refractivity contribution in [2.45, 2.75) is 30.8 Å². The van der Waals surface area contributed by atoms with Crippen molar-refractivity contribution in [2.24, 2.45) is 5.41 Å². The summed E-state index contributed by atoms with van der Waals surface area (Å²) >= 11 is 0. The van der Waals surface area contributed by atoms with E-state index in [1.165, 1.54) is 28.6 Å². The van der Waals surface area contributed by atoms with E-state index in [1.807, 2.05) is 0 Å². The molecule has 0 bridgehead atoms. The highest BCUT2D eigenvalue weighted by atomic mass is 32.2. The molecule has 2 aliphatic heterocycles. The van der Waals surface area contributed by atoms with Crippen LogP contribution in [-0.2, 0) is 14.8 Å². The van der Waals surface area contributed by atoms with Gasteiger partial charge in [-0.25, -0.2) is 8.42 Å². The Labute approximate surface area is 138 Å². The number of carbonyl (C=O) groups excluding carboxylic acids is 1. The molecule has 132 valence electrons. The topological polar surface area (TPSA) is 75.7 Å². The molecule has 1 amide bonds. The van der Waals surface area contributed by atoms with Gasteiger partial charge in [-0.15, -0.1) is 0 Å². The maximum absolute atomic E-state index is 12.6. The summed E-state index contributed by atoms with van der Waals surface area (Å²) in [6.45, 7) is -1.67. The van der Waals surface area contributed by atoms with Gasteiger partial charge >= 0.3 is 6.61 Å². The number of nitrogens with zero attached hydrogens (tertiary/aromatic N) is 1. The summed E-state index contributed by atoms with van der Waals surface area (Å²) in [4.78, 5) is 11.5. The molecular weight excluding hydrogens is 342 g/mol. The lowest BCUT2D eigenvalue weighted by Gasteiger charge is -2.37. The maximum Gasteiger partial charge on any atom is 0.387 e. The normalized spacial score (nSPS) is 21.2. The first-order valence-corrected chi connectivity index (χ1v) is 9.07. The number of sulfonamides is 1. The van der Waals surface area contributed by atoms with Crippen LogP contribution in [-0.4, -0.2) is 44.9 Å². The van der Waals surface area contributed by atoms with Crippen LogP contribution in [0.15, 0.2) is 29.2 Å². The predicted molar refractivity (Wildman–Crippen MR) is 81.1 cm³/mol. The van der Waals surface area contributed by atoms with E-state index in [0.717, 1.165) is 0 Å². The van der Waals surface area contributed by atoms with Crippen molar-refractivity contribution in [3.05, 3.63) is 24.3 Å². The van der Waals surface area contributed by atoms with Crippen molar-refractivity contribution >= 4 is 15.9 Å². The molecule has 1 spiro atoms. The number of ether oxygens (including phenoxy) is 1. The van der Waals surface area contributed by atoms with E-state index in [9.17, 15) is 22.0 Å².